The summed E-state index contributed by atoms with van der Waals surface area (Å²) in [5, 5.41) is 0. The fourth-order valence-electron chi connectivity index (χ4n) is 6.46. The van der Waals surface area contributed by atoms with Crippen LogP contribution in [0.25, 0.3) is 0 Å². The molecule has 0 spiro atoms. The molecule has 0 N–H and O–H groups in total. The zero-order valence-corrected chi connectivity index (χ0v) is 19.4. The summed E-state index contributed by atoms with van der Waals surface area (Å²) in [6.07, 6.45) is 5.63. The second kappa shape index (κ2) is 8.53. The quantitative estimate of drug-likeness (QED) is 0.730. The van der Waals surface area contributed by atoms with Crippen LogP contribution in [0.15, 0.2) is 0 Å². The van der Waals surface area contributed by atoms with Gasteiger partial charge in [0.15, 0.2) is 0 Å². The molecule has 0 aromatic rings. The Bertz CT molecular complexity index is 483. The monoisotopic (exact) mass is 390 g/mol. The van der Waals surface area contributed by atoms with Crippen molar-refractivity contribution in [3.8, 4) is 0 Å². The summed E-state index contributed by atoms with van der Waals surface area (Å²) in [5.74, 6) is 2.86. The van der Waals surface area contributed by atoms with Gasteiger partial charge in [-0.15, -0.1) is 0 Å². The first kappa shape index (κ1) is 21.1. The summed E-state index contributed by atoms with van der Waals surface area (Å²) in [5.41, 5.74) is 0.345. The average molecular weight is 391 g/mol. The molecule has 2 unspecified atom stereocenters. The van der Waals surface area contributed by atoms with Gasteiger partial charge in [-0.05, 0) is 91.1 Å². The van der Waals surface area contributed by atoms with Crippen molar-refractivity contribution in [1.82, 2.24) is 19.6 Å². The first-order valence-electron chi connectivity index (χ1n) is 12.2. The Morgan fingerprint density at radius 2 is 1.36 bits per heavy atom. The molecule has 0 aromatic carbocycles. The van der Waals surface area contributed by atoms with Crippen molar-refractivity contribution >= 4 is 0 Å². The molecule has 162 valence electrons. The van der Waals surface area contributed by atoms with Crippen molar-refractivity contribution in [2.75, 3.05) is 58.9 Å². The second-order valence-corrected chi connectivity index (χ2v) is 11.7. The Balaban J connectivity index is 1.16. The van der Waals surface area contributed by atoms with Gasteiger partial charge in [0.05, 0.1) is 0 Å². The maximum atomic E-state index is 2.84. The molecular weight excluding hydrogens is 344 g/mol. The number of hydrogen-bond donors (Lipinski definition) is 0. The molecule has 4 heterocycles. The van der Waals surface area contributed by atoms with Gasteiger partial charge in [-0.1, -0.05) is 0 Å². The average Bonchev–Trinajstić information content (AvgIpc) is 3.20. The Hall–Kier alpha value is -0.160. The molecule has 4 aliphatic rings. The van der Waals surface area contributed by atoms with E-state index in [1.807, 2.05) is 0 Å². The van der Waals surface area contributed by atoms with Crippen LogP contribution in [0.2, 0.25) is 0 Å². The zero-order valence-electron chi connectivity index (χ0n) is 19.4. The van der Waals surface area contributed by atoms with Crippen molar-refractivity contribution in [2.24, 2.45) is 17.8 Å². The first-order chi connectivity index (χ1) is 13.3. The lowest BCUT2D eigenvalue weighted by molar-refractivity contribution is 0.0383. The molecule has 4 saturated heterocycles. The molecule has 4 fully saturated rings. The highest BCUT2D eigenvalue weighted by Crippen LogP contribution is 2.34. The van der Waals surface area contributed by atoms with E-state index in [0.717, 1.165) is 29.8 Å². The van der Waals surface area contributed by atoms with Crippen LogP contribution in [-0.2, 0) is 0 Å². The minimum Gasteiger partial charge on any atom is -0.302 e. The van der Waals surface area contributed by atoms with Gasteiger partial charge in [0.1, 0.15) is 0 Å². The van der Waals surface area contributed by atoms with Crippen LogP contribution in [0.4, 0.5) is 0 Å². The summed E-state index contributed by atoms with van der Waals surface area (Å²) in [7, 11) is 0. The minimum atomic E-state index is 0.345. The Labute approximate surface area is 174 Å². The Morgan fingerprint density at radius 1 is 0.786 bits per heavy atom. The van der Waals surface area contributed by atoms with E-state index >= 15 is 0 Å². The fraction of sp³-hybridized carbons (Fsp3) is 1.00. The van der Waals surface area contributed by atoms with E-state index in [2.05, 4.69) is 54.2 Å². The molecule has 4 rings (SSSR count). The molecular formula is C24H46N4. The summed E-state index contributed by atoms with van der Waals surface area (Å²) < 4.78 is 0. The van der Waals surface area contributed by atoms with Crippen LogP contribution in [0, 0.1) is 17.8 Å². The topological polar surface area (TPSA) is 13.0 Å². The largest absolute Gasteiger partial charge is 0.302 e. The molecule has 2 atom stereocenters. The number of rotatable bonds is 4. The summed E-state index contributed by atoms with van der Waals surface area (Å²) in [4.78, 5) is 11.1. The van der Waals surface area contributed by atoms with Crippen molar-refractivity contribution < 1.29 is 0 Å². The summed E-state index contributed by atoms with van der Waals surface area (Å²) in [6, 6.07) is 1.59. The minimum absolute atomic E-state index is 0.345. The molecule has 4 aliphatic heterocycles. The molecule has 4 heteroatoms. The molecule has 0 aliphatic carbocycles. The SMILES string of the molecule is CC(C)N1CC2CN(CC3CCN(C4CCN(C(C)(C)C)CC4)CC3)CC2C1. The van der Waals surface area contributed by atoms with Gasteiger partial charge in [-0.25, -0.2) is 0 Å². The summed E-state index contributed by atoms with van der Waals surface area (Å²) in [6.45, 7) is 23.9. The zero-order chi connectivity index (χ0) is 19.9. The van der Waals surface area contributed by atoms with Gasteiger partial charge < -0.3 is 14.7 Å². The van der Waals surface area contributed by atoms with Gasteiger partial charge in [0.2, 0.25) is 0 Å². The molecule has 28 heavy (non-hydrogen) atoms. The molecule has 0 amide bonds. The smallest absolute Gasteiger partial charge is 0.0125 e. The maximum absolute atomic E-state index is 2.84. The van der Waals surface area contributed by atoms with E-state index in [0.29, 0.717) is 5.54 Å². The maximum Gasteiger partial charge on any atom is 0.0125 e. The van der Waals surface area contributed by atoms with E-state index in [-0.39, 0.29) is 0 Å². The van der Waals surface area contributed by atoms with Crippen molar-refractivity contribution in [2.45, 2.75) is 77.9 Å². The van der Waals surface area contributed by atoms with Crippen LogP contribution in [0.1, 0.15) is 60.3 Å². The predicted octanol–water partition coefficient (Wildman–Crippen LogP) is 3.23. The number of piperidine rings is 2. The third-order valence-corrected chi connectivity index (χ3v) is 8.42. The third kappa shape index (κ3) is 4.77. The van der Waals surface area contributed by atoms with Crippen LogP contribution in [-0.4, -0.2) is 96.1 Å². The number of likely N-dealkylation sites (tertiary alicyclic amines) is 4. The highest BCUT2D eigenvalue weighted by atomic mass is 15.3. The van der Waals surface area contributed by atoms with Gasteiger partial charge in [-0.2, -0.15) is 0 Å². The lowest BCUT2D eigenvalue weighted by atomic mass is 9.92. The number of fused-ring (bicyclic) bond motifs is 1. The lowest BCUT2D eigenvalue weighted by Gasteiger charge is -2.45. The molecule has 0 bridgehead atoms. The number of hydrogen-bond acceptors (Lipinski definition) is 4. The van der Waals surface area contributed by atoms with Crippen LogP contribution in [0.3, 0.4) is 0 Å². The van der Waals surface area contributed by atoms with Crippen LogP contribution >= 0.6 is 0 Å². The Kier molecular flexibility index (Phi) is 6.42. The molecule has 0 saturated carbocycles. The van der Waals surface area contributed by atoms with Crippen molar-refractivity contribution in [3.63, 3.8) is 0 Å². The predicted molar refractivity (Wildman–Crippen MR) is 119 cm³/mol. The van der Waals surface area contributed by atoms with Crippen molar-refractivity contribution in [1.29, 1.82) is 0 Å². The van der Waals surface area contributed by atoms with E-state index in [9.17, 15) is 0 Å². The normalized spacial score (nSPS) is 33.2. The fourth-order valence-corrected chi connectivity index (χ4v) is 6.46. The second-order valence-electron chi connectivity index (χ2n) is 11.7. The van der Waals surface area contributed by atoms with E-state index < -0.39 is 0 Å². The van der Waals surface area contributed by atoms with Gasteiger partial charge in [0.25, 0.3) is 0 Å². The number of nitrogens with zero attached hydrogens (tertiary/aromatic N) is 4. The first-order valence-corrected chi connectivity index (χ1v) is 12.2. The van der Waals surface area contributed by atoms with Gasteiger partial charge in [-0.3, -0.25) is 4.90 Å². The van der Waals surface area contributed by atoms with Gasteiger partial charge >= 0.3 is 0 Å². The highest BCUT2D eigenvalue weighted by molar-refractivity contribution is 4.95. The van der Waals surface area contributed by atoms with E-state index in [1.165, 1.54) is 84.6 Å². The molecule has 0 radical (unpaired) electrons. The standard InChI is InChI=1S/C24H46N4/c1-19(2)27-17-21-15-25(16-22(21)18-27)14-20-6-10-26(11-7-20)23-8-12-28(13-9-23)24(3,4)5/h19-23H,6-18H2,1-5H3. The van der Waals surface area contributed by atoms with Crippen molar-refractivity contribution in [3.05, 3.63) is 0 Å². The Morgan fingerprint density at radius 3 is 1.86 bits per heavy atom. The molecule has 0 aromatic heterocycles. The summed E-state index contributed by atoms with van der Waals surface area (Å²) >= 11 is 0. The molecule has 4 nitrogen and oxygen atoms in total. The lowest BCUT2D eigenvalue weighted by Crippen LogP contribution is -2.52. The van der Waals surface area contributed by atoms with Gasteiger partial charge in [0, 0.05) is 63.4 Å². The van der Waals surface area contributed by atoms with E-state index in [4.69, 9.17) is 0 Å². The van der Waals surface area contributed by atoms with Crippen LogP contribution in [0.5, 0.6) is 0 Å². The highest BCUT2D eigenvalue weighted by Gasteiger charge is 2.41. The van der Waals surface area contributed by atoms with E-state index in [1.54, 1.807) is 0 Å². The third-order valence-electron chi connectivity index (χ3n) is 8.42. The van der Waals surface area contributed by atoms with Crippen LogP contribution < -0.4 is 0 Å².